The predicted molar refractivity (Wildman–Crippen MR) is 95.0 cm³/mol. The first-order valence-corrected chi connectivity index (χ1v) is 8.46. The van der Waals surface area contributed by atoms with Crippen molar-refractivity contribution in [2.75, 3.05) is 18.0 Å². The molecular weight excluding hydrogens is 308 g/mol. The number of anilines is 1. The Labute approximate surface area is 142 Å². The van der Waals surface area contributed by atoms with Crippen LogP contribution in [0.4, 0.5) is 5.82 Å². The van der Waals surface area contributed by atoms with Gasteiger partial charge in [-0.2, -0.15) is 0 Å². The topological polar surface area (TPSA) is 41.9 Å². The minimum absolute atomic E-state index is 0.436. The molecule has 0 N–H and O–H groups in total. The highest BCUT2D eigenvalue weighted by molar-refractivity contribution is 6.29. The second-order valence-electron chi connectivity index (χ2n) is 7.08. The van der Waals surface area contributed by atoms with Gasteiger partial charge in [-0.15, -0.1) is 0 Å². The van der Waals surface area contributed by atoms with Crippen LogP contribution in [0, 0.1) is 19.3 Å². The Kier molecular flexibility index (Phi) is 4.28. The first-order valence-electron chi connectivity index (χ1n) is 8.08. The van der Waals surface area contributed by atoms with Gasteiger partial charge in [0.2, 0.25) is 0 Å². The Morgan fingerprint density at radius 1 is 1.04 bits per heavy atom. The lowest BCUT2D eigenvalue weighted by molar-refractivity contribution is 0.279. The van der Waals surface area contributed by atoms with Crippen LogP contribution < -0.4 is 4.90 Å². The molecule has 23 heavy (non-hydrogen) atoms. The average molecular weight is 331 g/mol. The first-order chi connectivity index (χ1) is 10.9. The molecule has 5 heteroatoms. The number of aromatic nitrogens is 3. The molecule has 1 saturated heterocycles. The number of pyridine rings is 1. The van der Waals surface area contributed by atoms with E-state index in [1.54, 1.807) is 6.07 Å². The van der Waals surface area contributed by atoms with Crippen molar-refractivity contribution >= 4 is 17.4 Å². The summed E-state index contributed by atoms with van der Waals surface area (Å²) in [5, 5.41) is 0.504. The summed E-state index contributed by atoms with van der Waals surface area (Å²) in [6.07, 6.45) is 4.26. The molecule has 0 unspecified atom stereocenters. The molecular formula is C18H23ClN4. The van der Waals surface area contributed by atoms with Crippen LogP contribution in [0.2, 0.25) is 5.15 Å². The first kappa shape index (κ1) is 16.2. The Hall–Kier alpha value is -1.68. The van der Waals surface area contributed by atoms with Crippen LogP contribution in [-0.2, 0) is 0 Å². The van der Waals surface area contributed by atoms with Crippen molar-refractivity contribution < 1.29 is 0 Å². The summed E-state index contributed by atoms with van der Waals surface area (Å²) >= 11 is 5.94. The number of hydrogen-bond donors (Lipinski definition) is 0. The summed E-state index contributed by atoms with van der Waals surface area (Å²) in [5.41, 5.74) is 4.12. The second kappa shape index (κ2) is 6.08. The Morgan fingerprint density at radius 3 is 2.35 bits per heavy atom. The van der Waals surface area contributed by atoms with Gasteiger partial charge >= 0.3 is 0 Å². The van der Waals surface area contributed by atoms with Crippen LogP contribution in [-0.4, -0.2) is 28.0 Å². The molecule has 3 heterocycles. The summed E-state index contributed by atoms with van der Waals surface area (Å²) < 4.78 is 0. The smallest absolute Gasteiger partial charge is 0.147 e. The van der Waals surface area contributed by atoms with Gasteiger partial charge in [0.15, 0.2) is 0 Å². The van der Waals surface area contributed by atoms with E-state index in [9.17, 15) is 0 Å². The normalized spacial score (nSPS) is 17.3. The summed E-state index contributed by atoms with van der Waals surface area (Å²) in [6.45, 7) is 10.7. The van der Waals surface area contributed by atoms with E-state index in [-0.39, 0.29) is 0 Å². The molecule has 1 fully saturated rings. The quantitative estimate of drug-likeness (QED) is 0.764. The Balaban J connectivity index is 1.87. The average Bonchev–Trinajstić information content (AvgIpc) is 2.48. The molecule has 0 aromatic carbocycles. The molecule has 3 rings (SSSR count). The maximum absolute atomic E-state index is 5.94. The van der Waals surface area contributed by atoms with Gasteiger partial charge in [0.1, 0.15) is 11.0 Å². The van der Waals surface area contributed by atoms with Crippen molar-refractivity contribution in [2.45, 2.75) is 40.5 Å². The maximum atomic E-state index is 5.94. The molecule has 0 saturated carbocycles. The molecule has 0 radical (unpaired) electrons. The highest BCUT2D eigenvalue weighted by Crippen LogP contribution is 2.32. The molecule has 0 spiro atoms. The predicted octanol–water partition coefficient (Wildman–Crippen LogP) is 4.44. The molecule has 2 aromatic heterocycles. The summed E-state index contributed by atoms with van der Waals surface area (Å²) in [7, 11) is 0. The van der Waals surface area contributed by atoms with E-state index in [2.05, 4.69) is 28.7 Å². The van der Waals surface area contributed by atoms with Gasteiger partial charge in [0, 0.05) is 24.3 Å². The number of piperidine rings is 1. The van der Waals surface area contributed by atoms with E-state index >= 15 is 0 Å². The van der Waals surface area contributed by atoms with Crippen molar-refractivity contribution in [3.05, 3.63) is 34.9 Å². The van der Waals surface area contributed by atoms with Crippen LogP contribution >= 0.6 is 11.6 Å². The highest BCUT2D eigenvalue weighted by Gasteiger charge is 2.26. The fourth-order valence-electron chi connectivity index (χ4n) is 3.01. The molecule has 1 aliphatic rings. The zero-order valence-corrected chi connectivity index (χ0v) is 15.0. The summed E-state index contributed by atoms with van der Waals surface area (Å²) in [4.78, 5) is 16.1. The van der Waals surface area contributed by atoms with Crippen molar-refractivity contribution in [3.63, 3.8) is 0 Å². The van der Waals surface area contributed by atoms with Crippen molar-refractivity contribution in [1.82, 2.24) is 15.0 Å². The van der Waals surface area contributed by atoms with Crippen LogP contribution in [0.15, 0.2) is 18.3 Å². The fourth-order valence-corrected chi connectivity index (χ4v) is 3.20. The number of nitrogens with zero attached hydrogens (tertiary/aromatic N) is 4. The SMILES string of the molecule is Cc1nc(Cl)ccc1-c1ncc(N2CCC(C)(C)CC2)nc1C. The second-order valence-corrected chi connectivity index (χ2v) is 7.47. The molecule has 122 valence electrons. The van der Waals surface area contributed by atoms with Gasteiger partial charge in [0.25, 0.3) is 0 Å². The van der Waals surface area contributed by atoms with Crippen molar-refractivity contribution in [1.29, 1.82) is 0 Å². The Bertz CT molecular complexity index is 717. The van der Waals surface area contributed by atoms with E-state index in [0.717, 1.165) is 41.6 Å². The van der Waals surface area contributed by atoms with Crippen LogP contribution in [0.1, 0.15) is 38.1 Å². The number of rotatable bonds is 2. The molecule has 0 bridgehead atoms. The molecule has 4 nitrogen and oxygen atoms in total. The minimum atomic E-state index is 0.436. The number of aryl methyl sites for hydroxylation is 2. The lowest BCUT2D eigenvalue weighted by atomic mass is 9.83. The van der Waals surface area contributed by atoms with E-state index in [1.807, 2.05) is 26.1 Å². The van der Waals surface area contributed by atoms with Gasteiger partial charge in [0.05, 0.1) is 17.6 Å². The summed E-state index contributed by atoms with van der Waals surface area (Å²) in [5.74, 6) is 0.973. The minimum Gasteiger partial charge on any atom is -0.355 e. The largest absolute Gasteiger partial charge is 0.355 e. The van der Waals surface area contributed by atoms with Gasteiger partial charge in [-0.05, 0) is 44.2 Å². The van der Waals surface area contributed by atoms with E-state index in [0.29, 0.717) is 10.6 Å². The Morgan fingerprint density at radius 2 is 1.74 bits per heavy atom. The third-order valence-corrected chi connectivity index (χ3v) is 4.89. The highest BCUT2D eigenvalue weighted by atomic mass is 35.5. The van der Waals surface area contributed by atoms with Gasteiger partial charge in [-0.25, -0.2) is 9.97 Å². The third kappa shape index (κ3) is 3.47. The molecule has 1 aliphatic heterocycles. The standard InChI is InChI=1S/C18H23ClN4/c1-12-14(5-6-15(19)21-12)17-13(2)22-16(11-20-17)23-9-7-18(3,4)8-10-23/h5-6,11H,7-10H2,1-4H3. The van der Waals surface area contributed by atoms with E-state index < -0.39 is 0 Å². The van der Waals surface area contributed by atoms with Gasteiger partial charge in [-0.1, -0.05) is 25.4 Å². The van der Waals surface area contributed by atoms with Crippen molar-refractivity contribution in [2.24, 2.45) is 5.41 Å². The molecule has 0 amide bonds. The maximum Gasteiger partial charge on any atom is 0.147 e. The van der Waals surface area contributed by atoms with Crippen LogP contribution in [0.3, 0.4) is 0 Å². The number of hydrogen-bond acceptors (Lipinski definition) is 4. The number of halogens is 1. The molecule has 0 atom stereocenters. The third-order valence-electron chi connectivity index (χ3n) is 4.68. The zero-order valence-electron chi connectivity index (χ0n) is 14.2. The van der Waals surface area contributed by atoms with E-state index in [4.69, 9.17) is 16.6 Å². The van der Waals surface area contributed by atoms with Crippen molar-refractivity contribution in [3.8, 4) is 11.3 Å². The van der Waals surface area contributed by atoms with Gasteiger partial charge < -0.3 is 4.90 Å². The van der Waals surface area contributed by atoms with Gasteiger partial charge in [-0.3, -0.25) is 4.98 Å². The lowest BCUT2D eigenvalue weighted by Gasteiger charge is -2.37. The zero-order chi connectivity index (χ0) is 16.6. The molecule has 2 aromatic rings. The summed E-state index contributed by atoms with van der Waals surface area (Å²) in [6, 6.07) is 3.76. The van der Waals surface area contributed by atoms with E-state index in [1.165, 1.54) is 12.8 Å². The molecule has 0 aliphatic carbocycles. The fraction of sp³-hybridized carbons (Fsp3) is 0.500. The lowest BCUT2D eigenvalue weighted by Crippen LogP contribution is -2.37. The monoisotopic (exact) mass is 330 g/mol. The van der Waals surface area contributed by atoms with Crippen LogP contribution in [0.5, 0.6) is 0 Å². The van der Waals surface area contributed by atoms with Crippen LogP contribution in [0.25, 0.3) is 11.3 Å².